The molecule has 4 nitrogen and oxygen atoms in total. The van der Waals surface area contributed by atoms with Gasteiger partial charge in [0.05, 0.1) is 11.3 Å². The molecular weight excluding hydrogens is 334 g/mol. The Labute approximate surface area is 160 Å². The fourth-order valence-electron chi connectivity index (χ4n) is 5.26. The summed E-state index contributed by atoms with van der Waals surface area (Å²) in [5.41, 5.74) is 4.86. The first-order chi connectivity index (χ1) is 13.0. The lowest BCUT2D eigenvalue weighted by atomic mass is 9.49. The van der Waals surface area contributed by atoms with Crippen LogP contribution in [0.5, 0.6) is 0 Å². The first-order valence-corrected chi connectivity index (χ1v) is 10.1. The van der Waals surface area contributed by atoms with Gasteiger partial charge in [-0.1, -0.05) is 55.8 Å². The second kappa shape index (κ2) is 6.16. The van der Waals surface area contributed by atoms with Crippen molar-refractivity contribution < 1.29 is 0 Å². The Bertz CT molecular complexity index is 957. The van der Waals surface area contributed by atoms with E-state index in [0.29, 0.717) is 17.8 Å². The van der Waals surface area contributed by atoms with Crippen molar-refractivity contribution in [3.63, 3.8) is 0 Å². The van der Waals surface area contributed by atoms with Gasteiger partial charge in [0.15, 0.2) is 0 Å². The molecule has 2 aromatic rings. The van der Waals surface area contributed by atoms with Gasteiger partial charge in [-0.3, -0.25) is 9.69 Å². The Morgan fingerprint density at radius 1 is 1.26 bits per heavy atom. The third-order valence-corrected chi connectivity index (χ3v) is 7.18. The van der Waals surface area contributed by atoms with Gasteiger partial charge in [0.1, 0.15) is 5.82 Å². The van der Waals surface area contributed by atoms with Crippen LogP contribution in [0.3, 0.4) is 0 Å². The molecule has 0 radical (unpaired) electrons. The quantitative estimate of drug-likeness (QED) is 0.846. The minimum atomic E-state index is 0.0187. The van der Waals surface area contributed by atoms with Crippen LogP contribution in [0.2, 0.25) is 0 Å². The second-order valence-corrected chi connectivity index (χ2v) is 8.99. The summed E-state index contributed by atoms with van der Waals surface area (Å²) in [5, 5.41) is 0. The topological polar surface area (TPSA) is 49.0 Å². The molecule has 0 spiro atoms. The molecule has 1 saturated carbocycles. The molecule has 1 aliphatic heterocycles. The van der Waals surface area contributed by atoms with E-state index in [4.69, 9.17) is 4.98 Å². The number of benzene rings is 1. The van der Waals surface area contributed by atoms with Gasteiger partial charge in [0.2, 0.25) is 0 Å². The lowest BCUT2D eigenvalue weighted by Crippen LogP contribution is -2.50. The van der Waals surface area contributed by atoms with E-state index in [1.165, 1.54) is 12.8 Å². The molecule has 4 aliphatic rings. The molecule has 2 unspecified atom stereocenters. The van der Waals surface area contributed by atoms with Crippen LogP contribution in [0, 0.1) is 17.3 Å². The molecule has 0 saturated heterocycles. The van der Waals surface area contributed by atoms with Gasteiger partial charge in [-0.05, 0) is 30.1 Å². The van der Waals surface area contributed by atoms with Gasteiger partial charge < -0.3 is 4.98 Å². The van der Waals surface area contributed by atoms with Crippen molar-refractivity contribution in [2.75, 3.05) is 13.1 Å². The number of rotatable bonds is 3. The number of hydrogen-bond acceptors (Lipinski definition) is 3. The molecule has 1 aromatic heterocycles. The van der Waals surface area contributed by atoms with Gasteiger partial charge >= 0.3 is 0 Å². The monoisotopic (exact) mass is 361 g/mol. The Morgan fingerprint density at radius 2 is 2.07 bits per heavy atom. The maximum absolute atomic E-state index is 12.7. The predicted molar refractivity (Wildman–Crippen MR) is 107 cm³/mol. The molecule has 6 rings (SSSR count). The maximum Gasteiger partial charge on any atom is 0.255 e. The second-order valence-electron chi connectivity index (χ2n) is 8.99. The van der Waals surface area contributed by atoms with Crippen molar-refractivity contribution in [3.8, 4) is 11.4 Å². The summed E-state index contributed by atoms with van der Waals surface area (Å²) in [7, 11) is 0. The summed E-state index contributed by atoms with van der Waals surface area (Å²) < 4.78 is 0. The van der Waals surface area contributed by atoms with Crippen LogP contribution < -0.4 is 5.56 Å². The van der Waals surface area contributed by atoms with Crippen LogP contribution >= 0.6 is 0 Å². The summed E-state index contributed by atoms with van der Waals surface area (Å²) in [6.45, 7) is 7.53. The van der Waals surface area contributed by atoms with E-state index in [1.807, 2.05) is 30.3 Å². The molecule has 1 N–H and O–H groups in total. The molecule has 0 amide bonds. The minimum Gasteiger partial charge on any atom is -0.306 e. The van der Waals surface area contributed by atoms with Crippen molar-refractivity contribution in [2.45, 2.75) is 39.7 Å². The number of fused-ring (bicyclic) bond motifs is 2. The van der Waals surface area contributed by atoms with Crippen molar-refractivity contribution in [1.82, 2.24) is 14.9 Å². The van der Waals surface area contributed by atoms with Crippen LogP contribution in [-0.2, 0) is 13.0 Å². The molecule has 140 valence electrons. The van der Waals surface area contributed by atoms with E-state index < -0.39 is 0 Å². The maximum atomic E-state index is 12.7. The van der Waals surface area contributed by atoms with E-state index in [9.17, 15) is 4.79 Å². The summed E-state index contributed by atoms with van der Waals surface area (Å²) in [5.74, 6) is 2.29. The number of aromatic amines is 1. The molecule has 1 aromatic carbocycles. The fourth-order valence-corrected chi connectivity index (χ4v) is 5.26. The highest BCUT2D eigenvalue weighted by Gasteiger charge is 2.51. The summed E-state index contributed by atoms with van der Waals surface area (Å²) >= 11 is 0. The average Bonchev–Trinajstić information content (AvgIpc) is 2.69. The molecular formula is C23H27N3O. The zero-order chi connectivity index (χ0) is 18.6. The van der Waals surface area contributed by atoms with Crippen molar-refractivity contribution in [2.24, 2.45) is 17.3 Å². The number of hydrogen-bond donors (Lipinski definition) is 1. The lowest BCUT2D eigenvalue weighted by molar-refractivity contribution is -0.0110. The zero-order valence-corrected chi connectivity index (χ0v) is 16.2. The first kappa shape index (κ1) is 16.9. The van der Waals surface area contributed by atoms with Crippen LogP contribution in [0.25, 0.3) is 11.4 Å². The van der Waals surface area contributed by atoms with Crippen molar-refractivity contribution >= 4 is 0 Å². The summed E-state index contributed by atoms with van der Waals surface area (Å²) in [4.78, 5) is 22.9. The summed E-state index contributed by atoms with van der Waals surface area (Å²) in [6.07, 6.45) is 5.90. The number of nitrogens with one attached hydrogen (secondary N) is 1. The average molecular weight is 361 g/mol. The first-order valence-electron chi connectivity index (χ1n) is 10.1. The number of nitrogens with zero attached hydrogens (tertiary/aromatic N) is 2. The third-order valence-electron chi connectivity index (χ3n) is 7.18. The molecule has 2 heterocycles. The van der Waals surface area contributed by atoms with Crippen molar-refractivity contribution in [1.29, 1.82) is 0 Å². The Balaban J connectivity index is 1.36. The zero-order valence-electron chi connectivity index (χ0n) is 16.2. The lowest BCUT2D eigenvalue weighted by Gasteiger charge is -2.57. The largest absolute Gasteiger partial charge is 0.306 e. The Hall–Kier alpha value is -2.20. The number of aromatic nitrogens is 2. The van der Waals surface area contributed by atoms with E-state index in [1.54, 1.807) is 5.57 Å². The highest BCUT2D eigenvalue weighted by Crippen LogP contribution is 2.59. The molecule has 4 heteroatoms. The van der Waals surface area contributed by atoms with Crippen LogP contribution in [0.15, 0.2) is 46.8 Å². The highest BCUT2D eigenvalue weighted by atomic mass is 16.1. The molecule has 2 bridgehead atoms. The SMILES string of the molecule is CC1(C)C2CC=C(CN3CCc4nc(-c5ccccc5)[nH]c(=O)c4C3)C1C2. The Morgan fingerprint density at radius 3 is 2.81 bits per heavy atom. The smallest absolute Gasteiger partial charge is 0.255 e. The van der Waals surface area contributed by atoms with Crippen LogP contribution in [-0.4, -0.2) is 28.0 Å². The molecule has 1 fully saturated rings. The van der Waals surface area contributed by atoms with E-state index in [0.717, 1.165) is 48.2 Å². The van der Waals surface area contributed by atoms with Gasteiger partial charge in [0.25, 0.3) is 5.56 Å². The van der Waals surface area contributed by atoms with E-state index in [2.05, 4.69) is 29.8 Å². The number of allylic oxidation sites excluding steroid dienone is 1. The van der Waals surface area contributed by atoms with Gasteiger partial charge in [0, 0.05) is 31.6 Å². The standard InChI is InChI=1S/C23H27N3O/c1-23(2)17-9-8-16(19(23)12-17)13-26-11-10-20-18(14-26)22(27)25-21(24-20)15-6-4-3-5-7-15/h3-8,17,19H,9-14H2,1-2H3,(H,24,25,27). The van der Waals surface area contributed by atoms with Gasteiger partial charge in [-0.2, -0.15) is 0 Å². The third kappa shape index (κ3) is 2.78. The van der Waals surface area contributed by atoms with Gasteiger partial charge in [-0.15, -0.1) is 0 Å². The van der Waals surface area contributed by atoms with E-state index >= 15 is 0 Å². The molecule has 27 heavy (non-hydrogen) atoms. The number of H-pyrrole nitrogens is 1. The van der Waals surface area contributed by atoms with Gasteiger partial charge in [-0.25, -0.2) is 4.98 Å². The van der Waals surface area contributed by atoms with Crippen LogP contribution in [0.4, 0.5) is 0 Å². The molecule has 2 atom stereocenters. The highest BCUT2D eigenvalue weighted by molar-refractivity contribution is 5.54. The summed E-state index contributed by atoms with van der Waals surface area (Å²) in [6, 6.07) is 9.90. The van der Waals surface area contributed by atoms with Crippen molar-refractivity contribution in [3.05, 3.63) is 63.6 Å². The molecule has 3 aliphatic carbocycles. The Kier molecular flexibility index (Phi) is 3.87. The predicted octanol–water partition coefficient (Wildman–Crippen LogP) is 3.79. The fraction of sp³-hybridized carbons (Fsp3) is 0.478. The normalized spacial score (nSPS) is 26.1. The van der Waals surface area contributed by atoms with Crippen LogP contribution in [0.1, 0.15) is 37.9 Å². The van der Waals surface area contributed by atoms with E-state index in [-0.39, 0.29) is 5.56 Å². The minimum absolute atomic E-state index is 0.0187.